The lowest BCUT2D eigenvalue weighted by molar-refractivity contribution is 0.0621. The summed E-state index contributed by atoms with van der Waals surface area (Å²) in [6, 6.07) is 3.83. The number of likely N-dealkylation sites (tertiary alicyclic amines) is 1. The van der Waals surface area contributed by atoms with E-state index in [0.717, 1.165) is 45.7 Å². The van der Waals surface area contributed by atoms with Gasteiger partial charge in [0.25, 0.3) is 5.91 Å². The Morgan fingerprint density at radius 1 is 1.42 bits per heavy atom. The average molecular weight is 333 g/mol. The zero-order valence-corrected chi connectivity index (χ0v) is 14.6. The average Bonchev–Trinajstić information content (AvgIpc) is 3.14. The number of amides is 1. The molecule has 1 atom stereocenters. The van der Waals surface area contributed by atoms with Gasteiger partial charge in [0, 0.05) is 45.5 Å². The summed E-state index contributed by atoms with van der Waals surface area (Å²) in [5.74, 6) is 1.07. The molecule has 2 aliphatic heterocycles. The first kappa shape index (κ1) is 17.2. The van der Waals surface area contributed by atoms with E-state index in [0.29, 0.717) is 17.4 Å². The molecule has 2 fully saturated rings. The first-order valence-electron chi connectivity index (χ1n) is 8.75. The van der Waals surface area contributed by atoms with Gasteiger partial charge in [-0.2, -0.15) is 0 Å². The fourth-order valence-corrected chi connectivity index (χ4v) is 3.65. The van der Waals surface area contributed by atoms with E-state index in [-0.39, 0.29) is 11.9 Å². The van der Waals surface area contributed by atoms with Crippen LogP contribution in [-0.4, -0.2) is 73.7 Å². The largest absolute Gasteiger partial charge is 0.480 e. The normalized spacial score (nSPS) is 22.5. The summed E-state index contributed by atoms with van der Waals surface area (Å²) in [5.41, 5.74) is 0.535. The fraction of sp³-hybridized carbons (Fsp3) is 0.667. The van der Waals surface area contributed by atoms with E-state index in [9.17, 15) is 4.79 Å². The van der Waals surface area contributed by atoms with Gasteiger partial charge in [-0.15, -0.1) is 0 Å². The van der Waals surface area contributed by atoms with Crippen LogP contribution >= 0.6 is 0 Å². The number of hydrogen-bond donors (Lipinski definition) is 0. The van der Waals surface area contributed by atoms with E-state index in [1.165, 1.54) is 6.42 Å². The van der Waals surface area contributed by atoms with Gasteiger partial charge in [-0.1, -0.05) is 0 Å². The minimum atomic E-state index is -0.0115. The van der Waals surface area contributed by atoms with Gasteiger partial charge in [-0.05, 0) is 37.3 Å². The highest BCUT2D eigenvalue weighted by Crippen LogP contribution is 2.22. The summed E-state index contributed by atoms with van der Waals surface area (Å²) >= 11 is 0. The number of nitrogens with zero attached hydrogens (tertiary/aromatic N) is 3. The molecule has 1 amide bonds. The van der Waals surface area contributed by atoms with Crippen LogP contribution in [0.25, 0.3) is 0 Å². The quantitative estimate of drug-likeness (QED) is 0.820. The number of piperidine rings is 1. The minimum Gasteiger partial charge on any atom is -0.480 e. The molecule has 0 aliphatic carbocycles. The third-order valence-electron chi connectivity index (χ3n) is 5.16. The number of hydrogen-bond acceptors (Lipinski definition) is 5. The third kappa shape index (κ3) is 3.87. The van der Waals surface area contributed by atoms with Crippen molar-refractivity contribution in [2.24, 2.45) is 5.92 Å². The van der Waals surface area contributed by atoms with Crippen molar-refractivity contribution in [2.75, 3.05) is 47.0 Å². The van der Waals surface area contributed by atoms with E-state index in [4.69, 9.17) is 9.47 Å². The van der Waals surface area contributed by atoms with Crippen molar-refractivity contribution in [3.63, 3.8) is 0 Å². The Hall–Kier alpha value is -1.66. The molecule has 0 N–H and O–H groups in total. The maximum absolute atomic E-state index is 12.8. The molecule has 24 heavy (non-hydrogen) atoms. The molecule has 2 aliphatic rings. The number of rotatable bonds is 5. The standard InChI is InChI=1S/C18H27N3O3/c1-20(18(22)16-4-3-8-19-17(16)23-2)15-5-9-21(10-6-15)12-14-7-11-24-13-14/h3-4,8,14-15H,5-7,9-13H2,1-2H3/t14-/m1/s1. The highest BCUT2D eigenvalue weighted by atomic mass is 16.5. The molecular formula is C18H27N3O3. The molecule has 132 valence electrons. The number of methoxy groups -OCH3 is 1. The van der Waals surface area contributed by atoms with Gasteiger partial charge in [-0.3, -0.25) is 4.79 Å². The molecule has 1 aromatic rings. The summed E-state index contributed by atoms with van der Waals surface area (Å²) in [7, 11) is 3.43. The van der Waals surface area contributed by atoms with Crippen LogP contribution in [0.1, 0.15) is 29.6 Å². The molecule has 3 rings (SSSR count). The van der Waals surface area contributed by atoms with Crippen molar-refractivity contribution < 1.29 is 14.3 Å². The molecule has 0 aromatic carbocycles. The lowest BCUT2D eigenvalue weighted by atomic mass is 10.0. The summed E-state index contributed by atoms with van der Waals surface area (Å²) in [6.07, 6.45) is 4.84. The monoisotopic (exact) mass is 333 g/mol. The van der Waals surface area contributed by atoms with Crippen molar-refractivity contribution in [3.05, 3.63) is 23.9 Å². The van der Waals surface area contributed by atoms with Crippen LogP contribution in [-0.2, 0) is 4.74 Å². The SMILES string of the molecule is COc1ncccc1C(=O)N(C)C1CCN(C[C@H]2CCOC2)CC1. The van der Waals surface area contributed by atoms with Gasteiger partial charge in [0.1, 0.15) is 5.56 Å². The maximum atomic E-state index is 12.8. The smallest absolute Gasteiger partial charge is 0.259 e. The number of aromatic nitrogens is 1. The summed E-state index contributed by atoms with van der Waals surface area (Å²) in [5, 5.41) is 0. The summed E-state index contributed by atoms with van der Waals surface area (Å²) < 4.78 is 10.7. The van der Waals surface area contributed by atoms with E-state index >= 15 is 0 Å². The van der Waals surface area contributed by atoms with E-state index < -0.39 is 0 Å². The van der Waals surface area contributed by atoms with Gasteiger partial charge in [0.15, 0.2) is 0 Å². The molecule has 2 saturated heterocycles. The molecule has 6 heteroatoms. The molecule has 1 aromatic heterocycles. The lowest BCUT2D eigenvalue weighted by Crippen LogP contribution is -2.46. The van der Waals surface area contributed by atoms with Gasteiger partial charge >= 0.3 is 0 Å². The van der Waals surface area contributed by atoms with Gasteiger partial charge in [0.05, 0.1) is 13.7 Å². The van der Waals surface area contributed by atoms with Crippen LogP contribution in [0.4, 0.5) is 0 Å². The first-order valence-corrected chi connectivity index (χ1v) is 8.75. The van der Waals surface area contributed by atoms with Crippen LogP contribution in [0.3, 0.4) is 0 Å². The second kappa shape index (κ2) is 7.94. The Labute approximate surface area is 143 Å². The van der Waals surface area contributed by atoms with E-state index in [1.54, 1.807) is 25.4 Å². The Balaban J connectivity index is 1.54. The van der Waals surface area contributed by atoms with E-state index in [1.807, 2.05) is 11.9 Å². The predicted octanol–water partition coefficient (Wildman–Crippen LogP) is 1.66. The second-order valence-electron chi connectivity index (χ2n) is 6.74. The highest BCUT2D eigenvalue weighted by Gasteiger charge is 2.29. The highest BCUT2D eigenvalue weighted by molar-refractivity contribution is 5.96. The number of pyridine rings is 1. The van der Waals surface area contributed by atoms with Crippen LogP contribution in [0.5, 0.6) is 5.88 Å². The molecule has 0 bridgehead atoms. The van der Waals surface area contributed by atoms with Crippen molar-refractivity contribution >= 4 is 5.91 Å². The first-order chi connectivity index (χ1) is 11.7. The third-order valence-corrected chi connectivity index (χ3v) is 5.16. The Morgan fingerprint density at radius 2 is 2.21 bits per heavy atom. The van der Waals surface area contributed by atoms with Crippen molar-refractivity contribution in [3.8, 4) is 5.88 Å². The molecule has 3 heterocycles. The lowest BCUT2D eigenvalue weighted by Gasteiger charge is -2.37. The number of ether oxygens (including phenoxy) is 2. The predicted molar refractivity (Wildman–Crippen MR) is 91.3 cm³/mol. The zero-order chi connectivity index (χ0) is 16.9. The molecule has 0 radical (unpaired) electrons. The van der Waals surface area contributed by atoms with Crippen LogP contribution in [0.2, 0.25) is 0 Å². The Kier molecular flexibility index (Phi) is 5.68. The van der Waals surface area contributed by atoms with Crippen molar-refractivity contribution in [1.29, 1.82) is 0 Å². The zero-order valence-electron chi connectivity index (χ0n) is 14.6. The van der Waals surface area contributed by atoms with E-state index in [2.05, 4.69) is 9.88 Å². The van der Waals surface area contributed by atoms with Crippen LogP contribution < -0.4 is 4.74 Å². The Bertz CT molecular complexity index is 552. The number of carbonyl (C=O) groups is 1. The summed E-state index contributed by atoms with van der Waals surface area (Å²) in [6.45, 7) is 5.02. The maximum Gasteiger partial charge on any atom is 0.259 e. The topological polar surface area (TPSA) is 54.9 Å². The van der Waals surface area contributed by atoms with Gasteiger partial charge < -0.3 is 19.3 Å². The molecule has 6 nitrogen and oxygen atoms in total. The molecule has 0 spiro atoms. The molecule has 0 saturated carbocycles. The molecule has 0 unspecified atom stereocenters. The van der Waals surface area contributed by atoms with Gasteiger partial charge in [0.2, 0.25) is 5.88 Å². The second-order valence-corrected chi connectivity index (χ2v) is 6.74. The van der Waals surface area contributed by atoms with Gasteiger partial charge in [-0.25, -0.2) is 4.98 Å². The van der Waals surface area contributed by atoms with Crippen molar-refractivity contribution in [1.82, 2.24) is 14.8 Å². The van der Waals surface area contributed by atoms with Crippen LogP contribution in [0.15, 0.2) is 18.3 Å². The van der Waals surface area contributed by atoms with Crippen LogP contribution in [0, 0.1) is 5.92 Å². The Morgan fingerprint density at radius 3 is 2.88 bits per heavy atom. The van der Waals surface area contributed by atoms with Crippen molar-refractivity contribution in [2.45, 2.75) is 25.3 Å². The molecular weight excluding hydrogens is 306 g/mol. The summed E-state index contributed by atoms with van der Waals surface area (Å²) in [4.78, 5) is 21.3. The fourth-order valence-electron chi connectivity index (χ4n) is 3.65. The number of carbonyl (C=O) groups excluding carboxylic acids is 1. The minimum absolute atomic E-state index is 0.0115.